The van der Waals surface area contributed by atoms with Crippen LogP contribution in [-0.2, 0) is 9.53 Å². The first kappa shape index (κ1) is 17.3. The third-order valence-electron chi connectivity index (χ3n) is 2.27. The molecule has 0 unspecified atom stereocenters. The van der Waals surface area contributed by atoms with Gasteiger partial charge in [-0.25, -0.2) is 0 Å². The number of esters is 1. The molecule has 0 radical (unpaired) electrons. The van der Waals surface area contributed by atoms with Crippen LogP contribution in [0.2, 0.25) is 0 Å². The Kier molecular flexibility index (Phi) is 7.56. The van der Waals surface area contributed by atoms with E-state index >= 15 is 0 Å². The highest BCUT2D eigenvalue weighted by Gasteiger charge is 2.12. The smallest absolute Gasteiger partial charge is 0.313 e. The molecule has 2 aromatic heterocycles. The molecule has 0 fully saturated rings. The summed E-state index contributed by atoms with van der Waals surface area (Å²) in [6.45, 7) is 3.61. The fraction of sp³-hybridized carbons (Fsp3) is 0.267. The lowest BCUT2D eigenvalue weighted by Gasteiger charge is -1.98. The van der Waals surface area contributed by atoms with Gasteiger partial charge in [0.2, 0.25) is 0 Å². The van der Waals surface area contributed by atoms with Crippen molar-refractivity contribution in [3.63, 3.8) is 0 Å². The number of ketones is 2. The van der Waals surface area contributed by atoms with Crippen LogP contribution < -0.4 is 0 Å². The summed E-state index contributed by atoms with van der Waals surface area (Å²) >= 11 is 2.82. The number of hydrogen-bond acceptors (Lipinski definition) is 6. The molecule has 0 spiro atoms. The normalized spacial score (nSPS) is 9.43. The van der Waals surface area contributed by atoms with Gasteiger partial charge in [-0.05, 0) is 36.7 Å². The standard InChI is InChI=1S/C9H10O3S.C6H6OS/c1-2-12-9(11)6-7(10)8-4-3-5-13-8;1-5(7)6-3-2-4-8-6/h3-5H,2,6H2,1H3;2-4H,1H3. The average molecular weight is 324 g/mol. The largest absolute Gasteiger partial charge is 0.466 e. The van der Waals surface area contributed by atoms with Gasteiger partial charge in [-0.3, -0.25) is 14.4 Å². The Bertz CT molecular complexity index is 571. The molecule has 4 nitrogen and oxygen atoms in total. The second kappa shape index (κ2) is 9.20. The summed E-state index contributed by atoms with van der Waals surface area (Å²) in [7, 11) is 0. The van der Waals surface area contributed by atoms with Gasteiger partial charge in [0, 0.05) is 0 Å². The minimum absolute atomic E-state index is 0.153. The van der Waals surface area contributed by atoms with Gasteiger partial charge < -0.3 is 4.74 Å². The summed E-state index contributed by atoms with van der Waals surface area (Å²) in [5.74, 6) is -0.477. The molecule has 0 atom stereocenters. The molecule has 0 saturated heterocycles. The van der Waals surface area contributed by atoms with Crippen LogP contribution in [0.5, 0.6) is 0 Å². The zero-order chi connectivity index (χ0) is 15.7. The predicted molar refractivity (Wildman–Crippen MR) is 84.2 cm³/mol. The van der Waals surface area contributed by atoms with E-state index in [1.165, 1.54) is 22.7 Å². The summed E-state index contributed by atoms with van der Waals surface area (Å²) in [4.78, 5) is 34.2. The highest BCUT2D eigenvalue weighted by molar-refractivity contribution is 7.12. The monoisotopic (exact) mass is 324 g/mol. The van der Waals surface area contributed by atoms with Crippen molar-refractivity contribution in [2.45, 2.75) is 20.3 Å². The Morgan fingerprint density at radius 2 is 1.62 bits per heavy atom. The van der Waals surface area contributed by atoms with Crippen LogP contribution in [0.3, 0.4) is 0 Å². The number of thiophene rings is 2. The minimum atomic E-state index is -0.457. The van der Waals surface area contributed by atoms with Gasteiger partial charge in [0.15, 0.2) is 11.6 Å². The highest BCUT2D eigenvalue weighted by Crippen LogP contribution is 2.11. The summed E-state index contributed by atoms with van der Waals surface area (Å²) < 4.78 is 4.66. The Labute approximate surface area is 131 Å². The van der Waals surface area contributed by atoms with Crippen molar-refractivity contribution in [3.8, 4) is 0 Å². The molecule has 0 aliphatic carbocycles. The Balaban J connectivity index is 0.000000235. The van der Waals surface area contributed by atoms with E-state index in [2.05, 4.69) is 4.74 Å². The maximum atomic E-state index is 11.3. The zero-order valence-electron chi connectivity index (χ0n) is 11.8. The van der Waals surface area contributed by atoms with E-state index in [4.69, 9.17) is 0 Å². The molecule has 0 aromatic carbocycles. The molecule has 0 saturated carbocycles. The molecule has 112 valence electrons. The number of hydrogen-bond donors (Lipinski definition) is 0. The Morgan fingerprint density at radius 1 is 1.05 bits per heavy atom. The van der Waals surface area contributed by atoms with Gasteiger partial charge in [-0.1, -0.05) is 12.1 Å². The molecule has 2 heterocycles. The lowest BCUT2D eigenvalue weighted by Crippen LogP contribution is -2.10. The topological polar surface area (TPSA) is 60.4 Å². The van der Waals surface area contributed by atoms with Crippen molar-refractivity contribution in [2.24, 2.45) is 0 Å². The Morgan fingerprint density at radius 3 is 2.00 bits per heavy atom. The van der Waals surface area contributed by atoms with Crippen molar-refractivity contribution in [3.05, 3.63) is 44.8 Å². The van der Waals surface area contributed by atoms with Crippen LogP contribution in [0.4, 0.5) is 0 Å². The first-order valence-electron chi connectivity index (χ1n) is 6.31. The van der Waals surface area contributed by atoms with E-state index in [1.807, 2.05) is 17.5 Å². The van der Waals surface area contributed by atoms with Crippen LogP contribution in [0.1, 0.15) is 39.6 Å². The van der Waals surface area contributed by atoms with E-state index in [0.717, 1.165) is 4.88 Å². The molecular formula is C15H16O4S2. The Hall–Kier alpha value is -1.79. The third kappa shape index (κ3) is 6.46. The van der Waals surface area contributed by atoms with Crippen LogP contribution in [0.25, 0.3) is 0 Å². The highest BCUT2D eigenvalue weighted by atomic mass is 32.1. The molecule has 0 aliphatic rings. The van der Waals surface area contributed by atoms with E-state index in [0.29, 0.717) is 11.5 Å². The quantitative estimate of drug-likeness (QED) is 0.476. The molecule has 0 aliphatic heterocycles. The van der Waals surface area contributed by atoms with Gasteiger partial charge in [0.1, 0.15) is 6.42 Å². The summed E-state index contributed by atoms with van der Waals surface area (Å²) in [5.41, 5.74) is 0. The lowest BCUT2D eigenvalue weighted by molar-refractivity contribution is -0.141. The van der Waals surface area contributed by atoms with Gasteiger partial charge >= 0.3 is 5.97 Å². The number of ether oxygens (including phenoxy) is 1. The molecule has 2 aromatic rings. The van der Waals surface area contributed by atoms with E-state index in [9.17, 15) is 14.4 Å². The second-order valence-electron chi connectivity index (χ2n) is 3.92. The van der Waals surface area contributed by atoms with Crippen LogP contribution in [-0.4, -0.2) is 24.1 Å². The lowest BCUT2D eigenvalue weighted by atomic mass is 10.2. The van der Waals surface area contributed by atoms with Gasteiger partial charge in [0.05, 0.1) is 16.4 Å². The number of Topliss-reactive ketones (excluding diaryl/α,β-unsaturated/α-hetero) is 2. The van der Waals surface area contributed by atoms with Crippen LogP contribution >= 0.6 is 22.7 Å². The second-order valence-corrected chi connectivity index (χ2v) is 5.81. The maximum Gasteiger partial charge on any atom is 0.313 e. The minimum Gasteiger partial charge on any atom is -0.466 e. The van der Waals surface area contributed by atoms with E-state index < -0.39 is 5.97 Å². The maximum absolute atomic E-state index is 11.3. The van der Waals surface area contributed by atoms with Gasteiger partial charge in [-0.2, -0.15) is 0 Å². The molecule has 6 heteroatoms. The zero-order valence-corrected chi connectivity index (χ0v) is 13.5. The molecular weight excluding hydrogens is 308 g/mol. The van der Waals surface area contributed by atoms with Gasteiger partial charge in [0.25, 0.3) is 0 Å². The van der Waals surface area contributed by atoms with Crippen molar-refractivity contribution < 1.29 is 19.1 Å². The summed E-state index contributed by atoms with van der Waals surface area (Å²) in [6, 6.07) is 7.18. The van der Waals surface area contributed by atoms with Gasteiger partial charge in [-0.15, -0.1) is 22.7 Å². The number of carbonyl (C=O) groups is 3. The van der Waals surface area contributed by atoms with Crippen molar-refractivity contribution in [2.75, 3.05) is 6.61 Å². The number of rotatable bonds is 5. The van der Waals surface area contributed by atoms with Crippen molar-refractivity contribution in [1.29, 1.82) is 0 Å². The summed E-state index contributed by atoms with van der Waals surface area (Å²) in [6.07, 6.45) is -0.158. The predicted octanol–water partition coefficient (Wildman–Crippen LogP) is 3.83. The summed E-state index contributed by atoms with van der Waals surface area (Å²) in [5, 5.41) is 3.70. The average Bonchev–Trinajstić information content (AvgIpc) is 3.13. The van der Waals surface area contributed by atoms with E-state index in [1.54, 1.807) is 31.4 Å². The SMILES string of the molecule is CC(=O)c1cccs1.CCOC(=O)CC(=O)c1cccs1. The van der Waals surface area contributed by atoms with Crippen LogP contribution in [0, 0.1) is 0 Å². The number of carbonyl (C=O) groups excluding carboxylic acids is 3. The van der Waals surface area contributed by atoms with Crippen molar-refractivity contribution >= 4 is 40.2 Å². The molecule has 21 heavy (non-hydrogen) atoms. The van der Waals surface area contributed by atoms with Crippen LogP contribution in [0.15, 0.2) is 35.0 Å². The first-order valence-corrected chi connectivity index (χ1v) is 8.07. The molecule has 0 amide bonds. The fourth-order valence-corrected chi connectivity index (χ4v) is 2.64. The van der Waals surface area contributed by atoms with Crippen molar-refractivity contribution in [1.82, 2.24) is 0 Å². The molecule has 0 bridgehead atoms. The molecule has 2 rings (SSSR count). The third-order valence-corrected chi connectivity index (χ3v) is 4.16. The molecule has 0 N–H and O–H groups in total. The first-order chi connectivity index (χ1) is 10.0. The fourth-order valence-electron chi connectivity index (χ4n) is 1.35. The van der Waals surface area contributed by atoms with E-state index in [-0.39, 0.29) is 18.0 Å².